The van der Waals surface area contributed by atoms with Crippen molar-refractivity contribution >= 4 is 30.9 Å². The number of rotatable bonds is 10. The van der Waals surface area contributed by atoms with Crippen molar-refractivity contribution in [2.45, 2.75) is 57.6 Å². The van der Waals surface area contributed by atoms with E-state index < -0.39 is 13.8 Å². The van der Waals surface area contributed by atoms with Crippen molar-refractivity contribution in [1.29, 1.82) is 0 Å². The zero-order valence-electron chi connectivity index (χ0n) is 16.8. The average Bonchev–Trinajstić information content (AvgIpc) is 2.60. The lowest BCUT2D eigenvalue weighted by atomic mass is 9.94. The van der Waals surface area contributed by atoms with Crippen LogP contribution in [0.25, 0.3) is 0 Å². The Balaban J connectivity index is 2.21. The molecule has 2 rings (SSSR count). The van der Waals surface area contributed by atoms with Gasteiger partial charge in [-0.3, -0.25) is 14.4 Å². The van der Waals surface area contributed by atoms with Crippen molar-refractivity contribution in [2.75, 3.05) is 24.8 Å². The molecule has 1 heterocycles. The van der Waals surface area contributed by atoms with E-state index in [4.69, 9.17) is 38.0 Å². The van der Waals surface area contributed by atoms with Crippen molar-refractivity contribution < 1.29 is 13.8 Å². The number of halogens is 2. The minimum atomic E-state index is -3.59. The summed E-state index contributed by atoms with van der Waals surface area (Å²) < 4.78 is 26.8. The van der Waals surface area contributed by atoms with Gasteiger partial charge in [0.25, 0.3) is 0 Å². The van der Waals surface area contributed by atoms with Crippen LogP contribution in [0.2, 0.25) is 0 Å². The number of nitrogens with zero attached hydrogens (tertiary/aromatic N) is 1. The molecule has 4 unspecified atom stereocenters. The van der Waals surface area contributed by atoms with E-state index in [1.807, 2.05) is 30.3 Å². The van der Waals surface area contributed by atoms with Crippen LogP contribution in [-0.2, 0) is 13.8 Å². The normalized spacial score (nSPS) is 25.4. The van der Waals surface area contributed by atoms with Gasteiger partial charge in [-0.05, 0) is 32.8 Å². The van der Waals surface area contributed by atoms with Gasteiger partial charge < -0.3 is 4.74 Å². The smallest absolute Gasteiger partial charge is 0.341 e. The first-order valence-corrected chi connectivity index (χ1v) is 12.3. The monoisotopic (exact) mass is 451 g/mol. The standard InChI is InChI=1S/C19H32Cl2N3O3P/c1-15-14-19(2,3)23-18(26-15)13-17(16-7-5-4-6-8-16)27-28(22,25)24(11-9-20)12-10-21/h4-8,15,17-18,23H,9-14H2,1-3H3,(H2,22,25). The zero-order valence-corrected chi connectivity index (χ0v) is 19.2. The molecule has 0 aliphatic carbocycles. The van der Waals surface area contributed by atoms with Crippen molar-refractivity contribution in [1.82, 2.24) is 9.99 Å². The highest BCUT2D eigenvalue weighted by Crippen LogP contribution is 2.48. The first-order chi connectivity index (χ1) is 13.2. The lowest BCUT2D eigenvalue weighted by Gasteiger charge is -2.42. The maximum absolute atomic E-state index is 13.2. The topological polar surface area (TPSA) is 76.8 Å². The Hall–Kier alpha value is -0.170. The fourth-order valence-electron chi connectivity index (χ4n) is 3.63. The van der Waals surface area contributed by atoms with E-state index in [1.54, 1.807) is 0 Å². The van der Waals surface area contributed by atoms with Gasteiger partial charge in [-0.2, -0.15) is 0 Å². The molecular formula is C19H32Cl2N3O3P. The van der Waals surface area contributed by atoms with E-state index in [0.29, 0.717) is 19.5 Å². The van der Waals surface area contributed by atoms with E-state index in [-0.39, 0.29) is 29.6 Å². The maximum Gasteiger partial charge on any atom is 0.341 e. The van der Waals surface area contributed by atoms with Crippen LogP contribution >= 0.6 is 30.9 Å². The maximum atomic E-state index is 13.2. The highest BCUT2D eigenvalue weighted by Gasteiger charge is 2.36. The molecule has 3 N–H and O–H groups in total. The van der Waals surface area contributed by atoms with Crippen LogP contribution in [0, 0.1) is 0 Å². The van der Waals surface area contributed by atoms with Gasteiger partial charge in [0.05, 0.1) is 12.2 Å². The first kappa shape index (κ1) is 24.1. The molecule has 1 aliphatic rings. The molecule has 0 spiro atoms. The Labute approximate surface area is 178 Å². The number of alkyl halides is 2. The molecule has 1 saturated heterocycles. The molecule has 0 bridgehead atoms. The van der Waals surface area contributed by atoms with Gasteiger partial charge in [-0.25, -0.2) is 10.2 Å². The fourth-order valence-corrected chi connectivity index (χ4v) is 5.73. The third kappa shape index (κ3) is 7.26. The second kappa shape index (κ2) is 10.7. The molecule has 4 atom stereocenters. The zero-order chi connectivity index (χ0) is 20.8. The lowest BCUT2D eigenvalue weighted by molar-refractivity contribution is -0.101. The van der Waals surface area contributed by atoms with Gasteiger partial charge in [0.15, 0.2) is 0 Å². The molecule has 0 radical (unpaired) electrons. The molecule has 0 saturated carbocycles. The highest BCUT2D eigenvalue weighted by molar-refractivity contribution is 7.53. The molecule has 160 valence electrons. The van der Waals surface area contributed by atoms with Crippen LogP contribution in [0.15, 0.2) is 30.3 Å². The van der Waals surface area contributed by atoms with Gasteiger partial charge in [-0.1, -0.05) is 30.3 Å². The summed E-state index contributed by atoms with van der Waals surface area (Å²) in [5.74, 6) is 0.576. The van der Waals surface area contributed by atoms with E-state index in [9.17, 15) is 4.57 Å². The number of hydrogen-bond donors (Lipinski definition) is 2. The van der Waals surface area contributed by atoms with Crippen LogP contribution in [-0.4, -0.2) is 47.4 Å². The van der Waals surface area contributed by atoms with E-state index in [2.05, 4.69) is 26.1 Å². The summed E-state index contributed by atoms with van der Waals surface area (Å²) in [5, 5.41) is 3.50. The number of hydrogen-bond acceptors (Lipinski definition) is 4. The Morgan fingerprint density at radius 1 is 1.32 bits per heavy atom. The second-order valence-electron chi connectivity index (χ2n) is 7.80. The van der Waals surface area contributed by atoms with Crippen molar-refractivity contribution in [2.24, 2.45) is 5.50 Å². The Morgan fingerprint density at radius 2 is 1.93 bits per heavy atom. The molecule has 0 aromatic heterocycles. The van der Waals surface area contributed by atoms with Crippen LogP contribution < -0.4 is 10.8 Å². The lowest BCUT2D eigenvalue weighted by Crippen LogP contribution is -2.55. The summed E-state index contributed by atoms with van der Waals surface area (Å²) in [6, 6.07) is 9.65. The Bertz CT molecular complexity index is 645. The Morgan fingerprint density at radius 3 is 2.46 bits per heavy atom. The summed E-state index contributed by atoms with van der Waals surface area (Å²) in [6.07, 6.45) is 0.775. The average molecular weight is 452 g/mol. The molecule has 1 aromatic rings. The third-order valence-corrected chi connectivity index (χ3v) is 6.79. The van der Waals surface area contributed by atoms with Crippen molar-refractivity contribution in [3.05, 3.63) is 35.9 Å². The summed E-state index contributed by atoms with van der Waals surface area (Å²) >= 11 is 11.7. The number of ether oxygens (including phenoxy) is 1. The molecule has 1 aliphatic heterocycles. The van der Waals surface area contributed by atoms with Crippen molar-refractivity contribution in [3.63, 3.8) is 0 Å². The Kier molecular flexibility index (Phi) is 9.24. The quantitative estimate of drug-likeness (QED) is 0.403. The second-order valence-corrected chi connectivity index (χ2v) is 10.5. The fraction of sp³-hybridized carbons (Fsp3) is 0.684. The minimum absolute atomic E-state index is 0.0563. The molecular weight excluding hydrogens is 420 g/mol. The van der Waals surface area contributed by atoms with E-state index >= 15 is 0 Å². The van der Waals surface area contributed by atoms with Gasteiger partial charge >= 0.3 is 7.67 Å². The third-order valence-electron chi connectivity index (χ3n) is 4.70. The summed E-state index contributed by atoms with van der Waals surface area (Å²) in [6.45, 7) is 7.03. The van der Waals surface area contributed by atoms with Gasteiger partial charge in [0.1, 0.15) is 6.23 Å². The molecule has 28 heavy (non-hydrogen) atoms. The number of nitrogens with one attached hydrogen (secondary N) is 1. The highest BCUT2D eigenvalue weighted by atomic mass is 35.5. The van der Waals surface area contributed by atoms with Gasteiger partial charge in [0.2, 0.25) is 0 Å². The van der Waals surface area contributed by atoms with Gasteiger partial charge in [-0.15, -0.1) is 23.2 Å². The molecule has 0 amide bonds. The van der Waals surface area contributed by atoms with Crippen LogP contribution in [0.4, 0.5) is 0 Å². The largest absolute Gasteiger partial charge is 0.360 e. The number of benzene rings is 1. The van der Waals surface area contributed by atoms with Crippen LogP contribution in [0.5, 0.6) is 0 Å². The summed E-state index contributed by atoms with van der Waals surface area (Å²) in [4.78, 5) is 0. The van der Waals surface area contributed by atoms with Crippen molar-refractivity contribution in [3.8, 4) is 0 Å². The van der Waals surface area contributed by atoms with Gasteiger partial charge in [0, 0.05) is 36.8 Å². The summed E-state index contributed by atoms with van der Waals surface area (Å²) in [5.41, 5.74) is 6.98. The molecule has 6 nitrogen and oxygen atoms in total. The predicted molar refractivity (Wildman–Crippen MR) is 116 cm³/mol. The predicted octanol–water partition coefficient (Wildman–Crippen LogP) is 4.48. The molecule has 1 fully saturated rings. The number of nitrogens with two attached hydrogens (primary N) is 1. The SMILES string of the molecule is CC1CC(C)(C)NC(CC(OP(N)(=O)N(CCCl)CCCl)c2ccccc2)O1. The molecule has 1 aromatic carbocycles. The minimum Gasteiger partial charge on any atom is -0.360 e. The first-order valence-electron chi connectivity index (χ1n) is 9.59. The van der Waals surface area contributed by atoms with Crippen LogP contribution in [0.1, 0.15) is 45.3 Å². The van der Waals surface area contributed by atoms with E-state index in [0.717, 1.165) is 12.0 Å². The molecule has 9 heteroatoms. The summed E-state index contributed by atoms with van der Waals surface area (Å²) in [7, 11) is -3.59. The van der Waals surface area contributed by atoms with Crippen LogP contribution in [0.3, 0.4) is 0 Å². The van der Waals surface area contributed by atoms with E-state index in [1.165, 1.54) is 4.67 Å².